The summed E-state index contributed by atoms with van der Waals surface area (Å²) in [7, 11) is -3.41. The third kappa shape index (κ3) is 5.08. The number of hydrogen-bond donors (Lipinski definition) is 1. The van der Waals surface area contributed by atoms with E-state index in [1.165, 1.54) is 0 Å². The van der Waals surface area contributed by atoms with E-state index in [0.717, 1.165) is 0 Å². The summed E-state index contributed by atoms with van der Waals surface area (Å²) in [5.41, 5.74) is -0.365. The smallest absolute Gasteiger partial charge is 0.257 e. The van der Waals surface area contributed by atoms with E-state index in [0.29, 0.717) is 10.6 Å². The molecule has 1 N–H and O–H groups in total. The number of hydrogen-bond acceptors (Lipinski definition) is 6. The Morgan fingerprint density at radius 3 is 2.50 bits per heavy atom. The highest BCUT2D eigenvalue weighted by molar-refractivity contribution is 7.90. The highest BCUT2D eigenvalue weighted by Crippen LogP contribution is 2.20. The van der Waals surface area contributed by atoms with Crippen molar-refractivity contribution in [2.75, 3.05) is 5.75 Å². The molecule has 0 saturated heterocycles. The summed E-state index contributed by atoms with van der Waals surface area (Å²) in [6.45, 7) is 3.13. The lowest BCUT2D eigenvalue weighted by molar-refractivity contribution is 0.0772. The van der Waals surface area contributed by atoms with Gasteiger partial charge in [0.05, 0.1) is 11.4 Å². The molecule has 2 rings (SSSR count). The van der Waals surface area contributed by atoms with Gasteiger partial charge in [0.1, 0.15) is 5.75 Å². The van der Waals surface area contributed by atoms with Crippen molar-refractivity contribution in [3.05, 3.63) is 35.1 Å². The summed E-state index contributed by atoms with van der Waals surface area (Å²) in [6, 6.07) is 6.78. The monoisotopic (exact) mass is 344 g/mol. The predicted molar refractivity (Wildman–Crippen MR) is 83.1 cm³/mol. The lowest BCUT2D eigenvalue weighted by Crippen LogP contribution is -2.24. The predicted octanol–water partition coefficient (Wildman–Crippen LogP) is 2.47. The Morgan fingerprint density at radius 1 is 1.27 bits per heavy atom. The van der Waals surface area contributed by atoms with E-state index in [2.05, 4.69) is 10.1 Å². The van der Waals surface area contributed by atoms with E-state index in [4.69, 9.17) is 16.1 Å². The van der Waals surface area contributed by atoms with E-state index in [1.807, 2.05) is 0 Å². The molecule has 0 amide bonds. The summed E-state index contributed by atoms with van der Waals surface area (Å²) >= 11 is 5.80. The van der Waals surface area contributed by atoms with Gasteiger partial charge in [-0.05, 0) is 44.5 Å². The Labute approximate surface area is 134 Å². The summed E-state index contributed by atoms with van der Waals surface area (Å²) in [5, 5.41) is 13.9. The zero-order valence-corrected chi connectivity index (χ0v) is 13.9. The molecule has 0 aliphatic carbocycles. The second kappa shape index (κ2) is 6.36. The van der Waals surface area contributed by atoms with Crippen molar-refractivity contribution in [3.8, 4) is 11.5 Å². The Balaban J connectivity index is 2.07. The van der Waals surface area contributed by atoms with Gasteiger partial charge in [-0.15, -0.1) is 0 Å². The average molecular weight is 345 g/mol. The van der Waals surface area contributed by atoms with Gasteiger partial charge in [0.25, 0.3) is 5.89 Å². The van der Waals surface area contributed by atoms with Crippen LogP contribution in [0.4, 0.5) is 0 Å². The highest BCUT2D eigenvalue weighted by Gasteiger charge is 2.21. The van der Waals surface area contributed by atoms with Crippen molar-refractivity contribution in [1.82, 2.24) is 10.1 Å². The van der Waals surface area contributed by atoms with E-state index in [-0.39, 0.29) is 29.6 Å². The SMILES string of the molecule is CC(C)(O)CCS(=O)(=O)Cc1noc(-c2ccc(Cl)cc2)n1. The minimum absolute atomic E-state index is 0.0979. The molecule has 0 spiro atoms. The lowest BCUT2D eigenvalue weighted by atomic mass is 10.1. The fourth-order valence-corrected chi connectivity index (χ4v) is 3.29. The number of rotatable bonds is 6. The van der Waals surface area contributed by atoms with Crippen LogP contribution >= 0.6 is 11.6 Å². The number of nitrogens with zero attached hydrogens (tertiary/aromatic N) is 2. The molecule has 8 heteroatoms. The number of sulfone groups is 1. The molecular weight excluding hydrogens is 328 g/mol. The van der Waals surface area contributed by atoms with Crippen LogP contribution in [0.2, 0.25) is 5.02 Å². The van der Waals surface area contributed by atoms with Crippen molar-refractivity contribution >= 4 is 21.4 Å². The van der Waals surface area contributed by atoms with Crippen LogP contribution in [0.3, 0.4) is 0 Å². The quantitative estimate of drug-likeness (QED) is 0.865. The first-order valence-electron chi connectivity index (χ1n) is 6.66. The molecule has 22 heavy (non-hydrogen) atoms. The fourth-order valence-electron chi connectivity index (χ4n) is 1.70. The molecule has 0 bridgehead atoms. The average Bonchev–Trinajstić information content (AvgIpc) is 2.84. The number of aliphatic hydroxyl groups is 1. The Hall–Kier alpha value is -1.44. The molecule has 0 unspecified atom stereocenters. The first kappa shape index (κ1) is 16.9. The standard InChI is InChI=1S/C14H17ClN2O4S/c1-14(2,18)7-8-22(19,20)9-12-16-13(21-17-12)10-3-5-11(15)6-4-10/h3-6,18H,7-9H2,1-2H3. The van der Waals surface area contributed by atoms with Gasteiger partial charge in [-0.25, -0.2) is 8.42 Å². The molecule has 0 saturated carbocycles. The molecule has 0 fully saturated rings. The molecule has 1 aromatic heterocycles. The molecule has 0 radical (unpaired) electrons. The first-order chi connectivity index (χ1) is 10.1. The van der Waals surface area contributed by atoms with Gasteiger partial charge in [-0.2, -0.15) is 4.98 Å². The molecule has 0 aliphatic rings. The maximum absolute atomic E-state index is 12.0. The molecule has 2 aromatic rings. The van der Waals surface area contributed by atoms with E-state index < -0.39 is 15.4 Å². The van der Waals surface area contributed by atoms with Crippen molar-refractivity contribution in [3.63, 3.8) is 0 Å². The van der Waals surface area contributed by atoms with Crippen LogP contribution < -0.4 is 0 Å². The molecule has 0 aliphatic heterocycles. The minimum Gasteiger partial charge on any atom is -0.390 e. The van der Waals surface area contributed by atoms with Gasteiger partial charge >= 0.3 is 0 Å². The second-order valence-electron chi connectivity index (χ2n) is 5.68. The molecular formula is C14H17ClN2O4S. The van der Waals surface area contributed by atoms with E-state index >= 15 is 0 Å². The van der Waals surface area contributed by atoms with E-state index in [9.17, 15) is 13.5 Å². The largest absolute Gasteiger partial charge is 0.390 e. The Morgan fingerprint density at radius 2 is 1.91 bits per heavy atom. The summed E-state index contributed by atoms with van der Waals surface area (Å²) in [5.74, 6) is -0.119. The second-order valence-corrected chi connectivity index (χ2v) is 8.30. The topological polar surface area (TPSA) is 93.3 Å². The van der Waals surface area contributed by atoms with Crippen LogP contribution in [0.25, 0.3) is 11.5 Å². The van der Waals surface area contributed by atoms with Crippen LogP contribution in [0.15, 0.2) is 28.8 Å². The zero-order chi connectivity index (χ0) is 16.4. The van der Waals surface area contributed by atoms with Crippen LogP contribution in [0.1, 0.15) is 26.1 Å². The van der Waals surface area contributed by atoms with Crippen molar-refractivity contribution in [2.24, 2.45) is 0 Å². The van der Waals surface area contributed by atoms with Crippen LogP contribution in [-0.2, 0) is 15.6 Å². The number of benzene rings is 1. The van der Waals surface area contributed by atoms with E-state index in [1.54, 1.807) is 38.1 Å². The highest BCUT2D eigenvalue weighted by atomic mass is 35.5. The fraction of sp³-hybridized carbons (Fsp3) is 0.429. The van der Waals surface area contributed by atoms with Crippen LogP contribution in [0, 0.1) is 0 Å². The van der Waals surface area contributed by atoms with Gasteiger partial charge < -0.3 is 9.63 Å². The van der Waals surface area contributed by atoms with Crippen molar-refractivity contribution in [2.45, 2.75) is 31.6 Å². The minimum atomic E-state index is -3.41. The molecule has 0 atom stereocenters. The van der Waals surface area contributed by atoms with Gasteiger partial charge in [-0.3, -0.25) is 0 Å². The summed E-state index contributed by atoms with van der Waals surface area (Å²) in [6.07, 6.45) is 0.150. The van der Waals surface area contributed by atoms with Gasteiger partial charge in [0.15, 0.2) is 15.7 Å². The Kier molecular flexibility index (Phi) is 4.89. The normalized spacial score (nSPS) is 12.5. The maximum atomic E-state index is 12.0. The summed E-state index contributed by atoms with van der Waals surface area (Å²) < 4.78 is 29.0. The zero-order valence-electron chi connectivity index (χ0n) is 12.3. The molecule has 1 heterocycles. The third-order valence-electron chi connectivity index (χ3n) is 2.93. The van der Waals surface area contributed by atoms with Crippen LogP contribution in [-0.4, -0.2) is 35.0 Å². The summed E-state index contributed by atoms with van der Waals surface area (Å²) in [4.78, 5) is 4.08. The van der Waals surface area contributed by atoms with Gasteiger partial charge in [0.2, 0.25) is 0 Å². The van der Waals surface area contributed by atoms with Crippen molar-refractivity contribution in [1.29, 1.82) is 0 Å². The molecule has 6 nitrogen and oxygen atoms in total. The third-order valence-corrected chi connectivity index (χ3v) is 4.71. The van der Waals surface area contributed by atoms with Crippen LogP contribution in [0.5, 0.6) is 0 Å². The maximum Gasteiger partial charge on any atom is 0.257 e. The molecule has 120 valence electrons. The first-order valence-corrected chi connectivity index (χ1v) is 8.86. The van der Waals surface area contributed by atoms with Gasteiger partial charge in [0, 0.05) is 10.6 Å². The van der Waals surface area contributed by atoms with Crippen molar-refractivity contribution < 1.29 is 18.0 Å². The Bertz CT molecular complexity index is 733. The van der Waals surface area contributed by atoms with Gasteiger partial charge in [-0.1, -0.05) is 16.8 Å². The number of aromatic nitrogens is 2. The number of halogens is 1. The lowest BCUT2D eigenvalue weighted by Gasteiger charge is -2.16. The molecule has 1 aromatic carbocycles.